The van der Waals surface area contributed by atoms with E-state index in [1.807, 2.05) is 66.7 Å². The van der Waals surface area contributed by atoms with Crippen LogP contribution < -0.4 is 10.1 Å². The zero-order valence-electron chi connectivity index (χ0n) is 15.5. The Bertz CT molecular complexity index is 1120. The van der Waals surface area contributed by atoms with Gasteiger partial charge in [-0.25, -0.2) is 9.67 Å². The quantitative estimate of drug-likeness (QED) is 0.468. The van der Waals surface area contributed by atoms with Crippen molar-refractivity contribution in [2.24, 2.45) is 0 Å². The molecular weight excluding hydrogens is 432 g/mol. The Labute approximate surface area is 176 Å². The number of hydrogen-bond donors (Lipinski definition) is 1. The summed E-state index contributed by atoms with van der Waals surface area (Å²) < 4.78 is 7.83. The molecule has 6 nitrogen and oxygen atoms in total. The normalized spacial score (nSPS) is 10.6. The van der Waals surface area contributed by atoms with Crippen molar-refractivity contribution < 1.29 is 9.53 Å². The van der Waals surface area contributed by atoms with E-state index in [-0.39, 0.29) is 11.7 Å². The summed E-state index contributed by atoms with van der Waals surface area (Å²) in [5, 5.41) is 7.30. The molecule has 0 bridgehead atoms. The summed E-state index contributed by atoms with van der Waals surface area (Å²) in [5.41, 5.74) is 2.30. The van der Waals surface area contributed by atoms with Crippen molar-refractivity contribution in [1.82, 2.24) is 14.8 Å². The lowest BCUT2D eigenvalue weighted by atomic mass is 10.2. The molecule has 0 aliphatic carbocycles. The van der Waals surface area contributed by atoms with Crippen molar-refractivity contribution in [3.63, 3.8) is 0 Å². The summed E-state index contributed by atoms with van der Waals surface area (Å²) >= 11 is 3.38. The van der Waals surface area contributed by atoms with Crippen molar-refractivity contribution in [3.8, 4) is 22.8 Å². The fourth-order valence-corrected chi connectivity index (χ4v) is 3.07. The number of rotatable bonds is 5. The number of aromatic nitrogens is 3. The molecule has 1 N–H and O–H groups in total. The second kappa shape index (κ2) is 8.28. The maximum atomic E-state index is 12.7. The number of methoxy groups -OCH3 is 1. The van der Waals surface area contributed by atoms with Gasteiger partial charge in [0.2, 0.25) is 5.82 Å². The van der Waals surface area contributed by atoms with Gasteiger partial charge in [0.1, 0.15) is 5.75 Å². The van der Waals surface area contributed by atoms with Gasteiger partial charge in [0, 0.05) is 15.7 Å². The summed E-state index contributed by atoms with van der Waals surface area (Å²) in [6.45, 7) is 0. The molecule has 1 heterocycles. The fraction of sp³-hybridized carbons (Fsp3) is 0.0455. The highest BCUT2D eigenvalue weighted by Gasteiger charge is 2.19. The van der Waals surface area contributed by atoms with Crippen LogP contribution in [-0.2, 0) is 0 Å². The molecule has 29 heavy (non-hydrogen) atoms. The Kier molecular flexibility index (Phi) is 5.39. The van der Waals surface area contributed by atoms with Crippen molar-refractivity contribution in [2.75, 3.05) is 12.4 Å². The molecule has 4 aromatic rings. The second-order valence-corrected chi connectivity index (χ2v) is 7.11. The van der Waals surface area contributed by atoms with E-state index in [1.165, 1.54) is 0 Å². The van der Waals surface area contributed by atoms with Gasteiger partial charge in [-0.2, -0.15) is 0 Å². The largest absolute Gasteiger partial charge is 0.497 e. The third-order valence-electron chi connectivity index (χ3n) is 4.26. The van der Waals surface area contributed by atoms with E-state index in [2.05, 4.69) is 31.3 Å². The van der Waals surface area contributed by atoms with E-state index in [0.717, 1.165) is 21.5 Å². The van der Waals surface area contributed by atoms with E-state index < -0.39 is 0 Å². The number of para-hydroxylation sites is 1. The first-order chi connectivity index (χ1) is 14.1. The SMILES string of the molecule is COc1ccc(-c2nc(C(=O)Nc3ccc(Br)cc3)nn2-c2ccccc2)cc1. The van der Waals surface area contributed by atoms with Crippen LogP contribution in [0.3, 0.4) is 0 Å². The minimum atomic E-state index is -0.378. The number of anilines is 1. The van der Waals surface area contributed by atoms with Gasteiger partial charge in [-0.1, -0.05) is 34.1 Å². The van der Waals surface area contributed by atoms with E-state index in [9.17, 15) is 4.79 Å². The molecule has 0 aliphatic rings. The molecule has 0 radical (unpaired) electrons. The average Bonchev–Trinajstić information content (AvgIpc) is 3.22. The molecule has 4 rings (SSSR count). The highest BCUT2D eigenvalue weighted by Crippen LogP contribution is 2.24. The Hall–Kier alpha value is -3.45. The molecule has 0 aliphatic heterocycles. The number of amides is 1. The monoisotopic (exact) mass is 448 g/mol. The number of benzene rings is 3. The Balaban J connectivity index is 1.72. The molecule has 0 unspecified atom stereocenters. The lowest BCUT2D eigenvalue weighted by molar-refractivity contribution is 0.101. The van der Waals surface area contributed by atoms with Gasteiger partial charge < -0.3 is 10.1 Å². The van der Waals surface area contributed by atoms with Crippen LogP contribution in [0.15, 0.2) is 83.3 Å². The van der Waals surface area contributed by atoms with Crippen LogP contribution in [0.25, 0.3) is 17.1 Å². The molecule has 0 atom stereocenters. The summed E-state index contributed by atoms with van der Waals surface area (Å²) in [6.07, 6.45) is 0. The molecule has 144 valence electrons. The minimum absolute atomic E-state index is 0.0857. The summed E-state index contributed by atoms with van der Waals surface area (Å²) in [5.74, 6) is 1.02. The third-order valence-corrected chi connectivity index (χ3v) is 4.79. The van der Waals surface area contributed by atoms with Crippen LogP contribution in [0, 0.1) is 0 Å². The maximum absolute atomic E-state index is 12.7. The third kappa shape index (κ3) is 4.20. The van der Waals surface area contributed by atoms with E-state index in [0.29, 0.717) is 11.5 Å². The summed E-state index contributed by atoms with van der Waals surface area (Å²) in [7, 11) is 1.62. The van der Waals surface area contributed by atoms with Crippen LogP contribution >= 0.6 is 15.9 Å². The van der Waals surface area contributed by atoms with Crippen LogP contribution in [0.5, 0.6) is 5.75 Å². The Morgan fingerprint density at radius 2 is 1.66 bits per heavy atom. The zero-order chi connectivity index (χ0) is 20.2. The zero-order valence-corrected chi connectivity index (χ0v) is 17.1. The fourth-order valence-electron chi connectivity index (χ4n) is 2.80. The van der Waals surface area contributed by atoms with Gasteiger partial charge in [-0.05, 0) is 60.7 Å². The summed E-state index contributed by atoms with van der Waals surface area (Å²) in [4.78, 5) is 17.3. The predicted octanol–water partition coefficient (Wildman–Crippen LogP) is 4.96. The number of ether oxygens (including phenoxy) is 1. The highest BCUT2D eigenvalue weighted by atomic mass is 79.9. The minimum Gasteiger partial charge on any atom is -0.497 e. The first kappa shape index (κ1) is 18.9. The first-order valence-electron chi connectivity index (χ1n) is 8.88. The molecule has 0 saturated heterocycles. The van der Waals surface area contributed by atoms with E-state index in [1.54, 1.807) is 23.9 Å². The van der Waals surface area contributed by atoms with E-state index in [4.69, 9.17) is 4.74 Å². The van der Waals surface area contributed by atoms with Crippen molar-refractivity contribution in [1.29, 1.82) is 0 Å². The number of carbonyl (C=O) groups is 1. The lowest BCUT2D eigenvalue weighted by Gasteiger charge is -2.06. The number of hydrogen-bond acceptors (Lipinski definition) is 4. The maximum Gasteiger partial charge on any atom is 0.295 e. The molecule has 3 aromatic carbocycles. The Morgan fingerprint density at radius 3 is 2.31 bits per heavy atom. The molecule has 0 fully saturated rings. The molecule has 0 saturated carbocycles. The summed E-state index contributed by atoms with van der Waals surface area (Å²) in [6, 6.07) is 24.4. The standard InChI is InChI=1S/C22H17BrN4O2/c1-29-19-13-7-15(8-14-19)21-25-20(26-27(21)18-5-3-2-4-6-18)22(28)24-17-11-9-16(23)10-12-17/h2-14H,1H3,(H,24,28). The first-order valence-corrected chi connectivity index (χ1v) is 9.67. The van der Waals surface area contributed by atoms with Crippen molar-refractivity contribution >= 4 is 27.5 Å². The van der Waals surface area contributed by atoms with Crippen LogP contribution in [0.4, 0.5) is 5.69 Å². The van der Waals surface area contributed by atoms with Gasteiger partial charge in [-0.15, -0.1) is 5.10 Å². The Morgan fingerprint density at radius 1 is 0.966 bits per heavy atom. The molecule has 0 spiro atoms. The van der Waals surface area contributed by atoms with Crippen LogP contribution in [0.2, 0.25) is 0 Å². The number of halogens is 1. The van der Waals surface area contributed by atoms with Crippen molar-refractivity contribution in [3.05, 3.63) is 89.2 Å². The number of nitrogens with zero attached hydrogens (tertiary/aromatic N) is 3. The molecule has 1 aromatic heterocycles. The number of nitrogens with one attached hydrogen (secondary N) is 1. The van der Waals surface area contributed by atoms with Crippen LogP contribution in [-0.4, -0.2) is 27.8 Å². The molecule has 1 amide bonds. The van der Waals surface area contributed by atoms with Crippen molar-refractivity contribution in [2.45, 2.75) is 0 Å². The molecular formula is C22H17BrN4O2. The smallest absolute Gasteiger partial charge is 0.295 e. The van der Waals surface area contributed by atoms with Crippen LogP contribution in [0.1, 0.15) is 10.6 Å². The average molecular weight is 449 g/mol. The topological polar surface area (TPSA) is 69.0 Å². The number of carbonyl (C=O) groups excluding carboxylic acids is 1. The van der Waals surface area contributed by atoms with Gasteiger partial charge in [0.25, 0.3) is 5.91 Å². The van der Waals surface area contributed by atoms with Gasteiger partial charge in [-0.3, -0.25) is 4.79 Å². The predicted molar refractivity (Wildman–Crippen MR) is 115 cm³/mol. The second-order valence-electron chi connectivity index (χ2n) is 6.20. The van der Waals surface area contributed by atoms with Gasteiger partial charge >= 0.3 is 0 Å². The van der Waals surface area contributed by atoms with E-state index >= 15 is 0 Å². The lowest BCUT2D eigenvalue weighted by Crippen LogP contribution is -2.14. The van der Waals surface area contributed by atoms with Gasteiger partial charge in [0.15, 0.2) is 5.82 Å². The van der Waals surface area contributed by atoms with Gasteiger partial charge in [0.05, 0.1) is 12.8 Å². The highest BCUT2D eigenvalue weighted by molar-refractivity contribution is 9.10. The molecule has 7 heteroatoms.